The number of amides is 1. The molecule has 0 unspecified atom stereocenters. The molecule has 2 atom stereocenters. The number of nitrogens with zero attached hydrogens (tertiary/aromatic N) is 2. The third-order valence-corrected chi connectivity index (χ3v) is 5.00. The first-order valence-corrected chi connectivity index (χ1v) is 10.4. The second-order valence-electron chi connectivity index (χ2n) is 10.0. The molecule has 2 heterocycles. The SMILES string of the molecule is CC(C)(C)OC(=O)[C@H]1C[C@]2(CCN1C(=O)OC(C)(C)C)CC(c1ccccc1)=NO2. The number of carbonyl (C=O) groups is 2. The van der Waals surface area contributed by atoms with E-state index >= 15 is 0 Å². The summed E-state index contributed by atoms with van der Waals surface area (Å²) in [4.78, 5) is 33.2. The van der Waals surface area contributed by atoms with Gasteiger partial charge >= 0.3 is 12.1 Å². The molecule has 2 aliphatic heterocycles. The molecule has 164 valence electrons. The van der Waals surface area contributed by atoms with E-state index in [1.807, 2.05) is 51.1 Å². The van der Waals surface area contributed by atoms with Gasteiger partial charge < -0.3 is 14.3 Å². The van der Waals surface area contributed by atoms with Gasteiger partial charge in [0, 0.05) is 25.8 Å². The normalized spacial score (nSPS) is 24.3. The van der Waals surface area contributed by atoms with Crippen LogP contribution in [0.15, 0.2) is 35.5 Å². The van der Waals surface area contributed by atoms with Crippen LogP contribution in [-0.4, -0.2) is 52.1 Å². The summed E-state index contributed by atoms with van der Waals surface area (Å²) in [7, 11) is 0. The van der Waals surface area contributed by atoms with Gasteiger partial charge in [0.25, 0.3) is 0 Å². The van der Waals surface area contributed by atoms with E-state index in [0.29, 0.717) is 25.8 Å². The molecule has 1 saturated heterocycles. The van der Waals surface area contributed by atoms with Crippen LogP contribution in [0, 0.1) is 0 Å². The van der Waals surface area contributed by atoms with Gasteiger partial charge in [0.2, 0.25) is 0 Å². The first-order valence-electron chi connectivity index (χ1n) is 10.4. The van der Waals surface area contributed by atoms with E-state index in [1.165, 1.54) is 4.90 Å². The maximum Gasteiger partial charge on any atom is 0.411 e. The van der Waals surface area contributed by atoms with Crippen molar-refractivity contribution in [1.82, 2.24) is 4.90 Å². The van der Waals surface area contributed by atoms with Gasteiger partial charge in [-0.25, -0.2) is 9.59 Å². The average Bonchev–Trinajstić information content (AvgIpc) is 3.03. The Morgan fingerprint density at radius 1 is 1.07 bits per heavy atom. The van der Waals surface area contributed by atoms with Crippen molar-refractivity contribution < 1.29 is 23.9 Å². The topological polar surface area (TPSA) is 77.4 Å². The van der Waals surface area contributed by atoms with E-state index in [-0.39, 0.29) is 0 Å². The van der Waals surface area contributed by atoms with Gasteiger partial charge in [0.1, 0.15) is 22.8 Å². The summed E-state index contributed by atoms with van der Waals surface area (Å²) >= 11 is 0. The van der Waals surface area contributed by atoms with Crippen molar-refractivity contribution in [2.45, 2.75) is 83.6 Å². The molecule has 0 N–H and O–H groups in total. The van der Waals surface area contributed by atoms with Gasteiger partial charge in [-0.1, -0.05) is 35.5 Å². The molecule has 1 amide bonds. The lowest BCUT2D eigenvalue weighted by molar-refractivity contribution is -0.168. The fourth-order valence-electron chi connectivity index (χ4n) is 3.71. The van der Waals surface area contributed by atoms with E-state index in [4.69, 9.17) is 14.3 Å². The lowest BCUT2D eigenvalue weighted by atomic mass is 9.82. The monoisotopic (exact) mass is 416 g/mol. The molecule has 7 nitrogen and oxygen atoms in total. The number of oxime groups is 1. The minimum atomic E-state index is -0.793. The van der Waals surface area contributed by atoms with Crippen LogP contribution in [0.3, 0.4) is 0 Å². The second-order valence-corrected chi connectivity index (χ2v) is 10.0. The zero-order chi connectivity index (χ0) is 22.2. The fourth-order valence-corrected chi connectivity index (χ4v) is 3.71. The van der Waals surface area contributed by atoms with Gasteiger partial charge in [-0.05, 0) is 47.1 Å². The molecule has 1 spiro atoms. The molecule has 7 heteroatoms. The first kappa shape index (κ1) is 22.1. The van der Waals surface area contributed by atoms with E-state index < -0.39 is 34.9 Å². The summed E-state index contributed by atoms with van der Waals surface area (Å²) in [5.41, 5.74) is -0.102. The Morgan fingerprint density at radius 2 is 1.70 bits per heavy atom. The predicted octanol–water partition coefficient (Wildman–Crippen LogP) is 4.29. The molecular formula is C23H32N2O5. The molecule has 0 aromatic heterocycles. The molecule has 2 aliphatic rings. The Hall–Kier alpha value is -2.57. The average molecular weight is 417 g/mol. The van der Waals surface area contributed by atoms with Crippen molar-refractivity contribution in [3.05, 3.63) is 35.9 Å². The summed E-state index contributed by atoms with van der Waals surface area (Å²) in [5, 5.41) is 4.31. The lowest BCUT2D eigenvalue weighted by Crippen LogP contribution is -2.57. The van der Waals surface area contributed by atoms with E-state index in [1.54, 1.807) is 20.8 Å². The molecular weight excluding hydrogens is 384 g/mol. The van der Waals surface area contributed by atoms with Crippen molar-refractivity contribution >= 4 is 17.8 Å². The van der Waals surface area contributed by atoms with Crippen LogP contribution in [0.2, 0.25) is 0 Å². The molecule has 30 heavy (non-hydrogen) atoms. The molecule has 1 aromatic rings. The Balaban J connectivity index is 1.80. The maximum absolute atomic E-state index is 13.0. The van der Waals surface area contributed by atoms with Crippen molar-refractivity contribution in [1.29, 1.82) is 0 Å². The van der Waals surface area contributed by atoms with E-state index in [9.17, 15) is 9.59 Å². The molecule has 1 fully saturated rings. The van der Waals surface area contributed by atoms with Crippen LogP contribution >= 0.6 is 0 Å². The number of carbonyl (C=O) groups excluding carboxylic acids is 2. The Labute approximate surface area is 178 Å². The molecule has 3 rings (SSSR count). The Kier molecular flexibility index (Phi) is 5.85. The zero-order valence-electron chi connectivity index (χ0n) is 18.7. The summed E-state index contributed by atoms with van der Waals surface area (Å²) in [6.45, 7) is 11.2. The van der Waals surface area contributed by atoms with E-state index in [2.05, 4.69) is 5.16 Å². The minimum Gasteiger partial charge on any atom is -0.458 e. The van der Waals surface area contributed by atoms with Crippen molar-refractivity contribution in [3.8, 4) is 0 Å². The van der Waals surface area contributed by atoms with Gasteiger partial charge in [-0.15, -0.1) is 0 Å². The lowest BCUT2D eigenvalue weighted by Gasteiger charge is -2.42. The van der Waals surface area contributed by atoms with Crippen molar-refractivity contribution in [2.75, 3.05) is 6.54 Å². The highest BCUT2D eigenvalue weighted by Gasteiger charge is 2.51. The largest absolute Gasteiger partial charge is 0.458 e. The maximum atomic E-state index is 13.0. The summed E-state index contributed by atoms with van der Waals surface area (Å²) in [5.74, 6) is -0.454. The number of esters is 1. The van der Waals surface area contributed by atoms with Crippen LogP contribution < -0.4 is 0 Å². The smallest absolute Gasteiger partial charge is 0.411 e. The van der Waals surface area contributed by atoms with Gasteiger partial charge in [-0.3, -0.25) is 4.90 Å². The number of likely N-dealkylation sites (tertiary alicyclic amines) is 1. The van der Waals surface area contributed by atoms with Crippen molar-refractivity contribution in [2.24, 2.45) is 5.16 Å². The number of hydrogen-bond acceptors (Lipinski definition) is 6. The number of benzene rings is 1. The quantitative estimate of drug-likeness (QED) is 0.672. The van der Waals surface area contributed by atoms with Crippen molar-refractivity contribution in [3.63, 3.8) is 0 Å². The summed E-state index contributed by atoms with van der Waals surface area (Å²) < 4.78 is 11.2. The zero-order valence-corrected chi connectivity index (χ0v) is 18.7. The van der Waals surface area contributed by atoms with Gasteiger partial charge in [0.15, 0.2) is 0 Å². The Morgan fingerprint density at radius 3 is 2.30 bits per heavy atom. The summed E-state index contributed by atoms with van der Waals surface area (Å²) in [6.07, 6.45) is 0.931. The highest BCUT2D eigenvalue weighted by Crippen LogP contribution is 2.39. The third kappa shape index (κ3) is 5.32. The standard InChI is InChI=1S/C23H32N2O5/c1-21(2,3)28-19(26)18-15-23(12-13-25(18)20(27)29-22(4,5)6)14-17(24-30-23)16-10-8-7-9-11-16/h7-11,18H,12-15H2,1-6H3/t18-,23+/m1/s1. The molecule has 0 aliphatic carbocycles. The highest BCUT2D eigenvalue weighted by molar-refractivity contribution is 6.01. The molecule has 0 bridgehead atoms. The van der Waals surface area contributed by atoms with Crippen LogP contribution in [0.5, 0.6) is 0 Å². The number of rotatable bonds is 2. The molecule has 1 aromatic carbocycles. The van der Waals surface area contributed by atoms with Crippen LogP contribution in [0.1, 0.15) is 66.4 Å². The summed E-state index contributed by atoms with van der Waals surface area (Å²) in [6, 6.07) is 9.05. The Bertz CT molecular complexity index is 822. The number of hydrogen-bond donors (Lipinski definition) is 0. The number of piperidine rings is 1. The van der Waals surface area contributed by atoms with Crippen LogP contribution in [0.25, 0.3) is 0 Å². The van der Waals surface area contributed by atoms with Gasteiger partial charge in [-0.2, -0.15) is 0 Å². The molecule has 0 radical (unpaired) electrons. The predicted molar refractivity (Wildman–Crippen MR) is 113 cm³/mol. The first-order chi connectivity index (χ1) is 13.9. The number of ether oxygens (including phenoxy) is 2. The third-order valence-electron chi connectivity index (χ3n) is 5.00. The minimum absolute atomic E-state index is 0.307. The second kappa shape index (κ2) is 7.93. The highest BCUT2D eigenvalue weighted by atomic mass is 16.7. The van der Waals surface area contributed by atoms with Gasteiger partial charge in [0.05, 0.1) is 5.71 Å². The van der Waals surface area contributed by atoms with E-state index in [0.717, 1.165) is 11.3 Å². The molecule has 0 saturated carbocycles. The van der Waals surface area contributed by atoms with Crippen LogP contribution in [-0.2, 0) is 19.1 Å². The fraction of sp³-hybridized carbons (Fsp3) is 0.609. The van der Waals surface area contributed by atoms with Crippen LogP contribution in [0.4, 0.5) is 4.79 Å².